The second-order valence-corrected chi connectivity index (χ2v) is 5.29. The maximum absolute atomic E-state index is 13.8. The predicted molar refractivity (Wildman–Crippen MR) is 80.6 cm³/mol. The van der Waals surface area contributed by atoms with Crippen LogP contribution in [0.1, 0.15) is 15.9 Å². The molecule has 0 saturated heterocycles. The number of carbonyl (C=O) groups is 1. The standard InChI is InChI=1S/C15H15FN2O2S/c1-20-12-3-5-13(6-4-12)21-9-11-8-10(15(19)18-17)2-7-14(11)16/h2-8H,9,17H2,1H3,(H,18,19). The quantitative estimate of drug-likeness (QED) is 0.386. The van der Waals surface area contributed by atoms with Gasteiger partial charge in [0.05, 0.1) is 7.11 Å². The fraction of sp³-hybridized carbons (Fsp3) is 0.133. The zero-order valence-electron chi connectivity index (χ0n) is 11.4. The number of thioether (sulfide) groups is 1. The van der Waals surface area contributed by atoms with E-state index in [-0.39, 0.29) is 5.82 Å². The Morgan fingerprint density at radius 2 is 2.00 bits per heavy atom. The van der Waals surface area contributed by atoms with Crippen molar-refractivity contribution in [2.45, 2.75) is 10.6 Å². The molecular formula is C15H15FN2O2S. The Morgan fingerprint density at radius 1 is 1.29 bits per heavy atom. The molecule has 0 saturated carbocycles. The average molecular weight is 306 g/mol. The van der Waals surface area contributed by atoms with Gasteiger partial charge in [-0.25, -0.2) is 10.2 Å². The number of halogens is 1. The van der Waals surface area contributed by atoms with E-state index in [4.69, 9.17) is 10.6 Å². The van der Waals surface area contributed by atoms with Crippen molar-refractivity contribution in [1.29, 1.82) is 0 Å². The molecule has 0 fully saturated rings. The molecule has 2 aromatic carbocycles. The summed E-state index contributed by atoms with van der Waals surface area (Å²) in [5.41, 5.74) is 2.83. The van der Waals surface area contributed by atoms with Gasteiger partial charge in [-0.15, -0.1) is 11.8 Å². The van der Waals surface area contributed by atoms with Crippen molar-refractivity contribution in [3.63, 3.8) is 0 Å². The van der Waals surface area contributed by atoms with Gasteiger partial charge in [-0.05, 0) is 48.0 Å². The summed E-state index contributed by atoms with van der Waals surface area (Å²) in [7, 11) is 1.60. The molecule has 21 heavy (non-hydrogen) atoms. The number of benzene rings is 2. The molecule has 0 aliphatic carbocycles. The first-order valence-electron chi connectivity index (χ1n) is 6.20. The summed E-state index contributed by atoms with van der Waals surface area (Å²) in [4.78, 5) is 12.4. The Balaban J connectivity index is 2.09. The highest BCUT2D eigenvalue weighted by molar-refractivity contribution is 7.98. The fourth-order valence-electron chi connectivity index (χ4n) is 1.74. The van der Waals surface area contributed by atoms with Crippen molar-refractivity contribution in [2.24, 2.45) is 5.84 Å². The zero-order chi connectivity index (χ0) is 15.2. The van der Waals surface area contributed by atoms with Crippen molar-refractivity contribution >= 4 is 17.7 Å². The van der Waals surface area contributed by atoms with Crippen LogP contribution in [0.5, 0.6) is 5.75 Å². The van der Waals surface area contributed by atoms with Crippen LogP contribution in [-0.4, -0.2) is 13.0 Å². The van der Waals surface area contributed by atoms with Crippen LogP contribution in [0.2, 0.25) is 0 Å². The lowest BCUT2D eigenvalue weighted by atomic mass is 10.1. The molecule has 2 aromatic rings. The number of nitrogen functional groups attached to an aromatic ring is 1. The number of nitrogens with two attached hydrogens (primary N) is 1. The molecule has 0 spiro atoms. The molecule has 0 aromatic heterocycles. The predicted octanol–water partition coefficient (Wildman–Crippen LogP) is 2.73. The van der Waals surface area contributed by atoms with E-state index in [2.05, 4.69) is 0 Å². The van der Waals surface area contributed by atoms with E-state index < -0.39 is 5.91 Å². The first-order valence-corrected chi connectivity index (χ1v) is 7.19. The lowest BCUT2D eigenvalue weighted by Gasteiger charge is -2.07. The molecular weight excluding hydrogens is 291 g/mol. The molecule has 3 N–H and O–H groups in total. The Morgan fingerprint density at radius 3 is 2.62 bits per heavy atom. The Labute approximate surface area is 126 Å². The minimum Gasteiger partial charge on any atom is -0.497 e. The van der Waals surface area contributed by atoms with Gasteiger partial charge in [0, 0.05) is 16.2 Å². The van der Waals surface area contributed by atoms with Crippen LogP contribution in [0.3, 0.4) is 0 Å². The summed E-state index contributed by atoms with van der Waals surface area (Å²) in [6.07, 6.45) is 0. The minimum absolute atomic E-state index is 0.337. The maximum Gasteiger partial charge on any atom is 0.265 e. The first kappa shape index (κ1) is 15.3. The Kier molecular flexibility index (Phi) is 5.19. The van der Waals surface area contributed by atoms with E-state index in [1.165, 1.54) is 30.0 Å². The molecule has 0 heterocycles. The number of carbonyl (C=O) groups excluding carboxylic acids is 1. The maximum atomic E-state index is 13.8. The second-order valence-electron chi connectivity index (χ2n) is 4.24. The van der Waals surface area contributed by atoms with E-state index >= 15 is 0 Å². The number of methoxy groups -OCH3 is 1. The van der Waals surface area contributed by atoms with Gasteiger partial charge in [-0.3, -0.25) is 10.2 Å². The topological polar surface area (TPSA) is 64.3 Å². The van der Waals surface area contributed by atoms with Crippen LogP contribution in [0.4, 0.5) is 4.39 Å². The normalized spacial score (nSPS) is 10.2. The van der Waals surface area contributed by atoms with Gasteiger partial charge < -0.3 is 4.74 Å². The molecule has 6 heteroatoms. The average Bonchev–Trinajstić information content (AvgIpc) is 2.53. The lowest BCUT2D eigenvalue weighted by molar-refractivity contribution is 0.0953. The summed E-state index contributed by atoms with van der Waals surface area (Å²) in [5.74, 6) is 5.48. The van der Waals surface area contributed by atoms with Crippen LogP contribution in [0.15, 0.2) is 47.4 Å². The SMILES string of the molecule is COc1ccc(SCc2cc(C(=O)NN)ccc2F)cc1. The number of hydrogen-bond donors (Lipinski definition) is 2. The van der Waals surface area contributed by atoms with Crippen molar-refractivity contribution in [1.82, 2.24) is 5.43 Å². The number of amides is 1. The van der Waals surface area contributed by atoms with Gasteiger partial charge >= 0.3 is 0 Å². The van der Waals surface area contributed by atoms with Crippen molar-refractivity contribution in [2.75, 3.05) is 7.11 Å². The van der Waals surface area contributed by atoms with E-state index in [1.54, 1.807) is 7.11 Å². The van der Waals surface area contributed by atoms with E-state index in [9.17, 15) is 9.18 Å². The van der Waals surface area contributed by atoms with Gasteiger partial charge in [0.15, 0.2) is 0 Å². The number of ether oxygens (including phenoxy) is 1. The van der Waals surface area contributed by atoms with Gasteiger partial charge in [0.1, 0.15) is 11.6 Å². The summed E-state index contributed by atoms with van der Waals surface area (Å²) < 4.78 is 18.8. The number of hydrogen-bond acceptors (Lipinski definition) is 4. The van der Waals surface area contributed by atoms with Crippen LogP contribution in [0, 0.1) is 5.82 Å². The smallest absolute Gasteiger partial charge is 0.265 e. The van der Waals surface area contributed by atoms with Crippen LogP contribution < -0.4 is 16.0 Å². The highest BCUT2D eigenvalue weighted by Crippen LogP contribution is 2.26. The molecule has 4 nitrogen and oxygen atoms in total. The van der Waals surface area contributed by atoms with Crippen molar-refractivity contribution in [3.05, 3.63) is 59.4 Å². The summed E-state index contributed by atoms with van der Waals surface area (Å²) in [6.45, 7) is 0. The highest BCUT2D eigenvalue weighted by atomic mass is 32.2. The molecule has 0 aliphatic heterocycles. The molecule has 1 amide bonds. The van der Waals surface area contributed by atoms with E-state index in [1.807, 2.05) is 29.7 Å². The number of nitrogens with one attached hydrogen (secondary N) is 1. The van der Waals surface area contributed by atoms with Crippen molar-refractivity contribution < 1.29 is 13.9 Å². The monoisotopic (exact) mass is 306 g/mol. The molecule has 0 radical (unpaired) electrons. The van der Waals surface area contributed by atoms with Crippen LogP contribution in [0.25, 0.3) is 0 Å². The summed E-state index contributed by atoms with van der Waals surface area (Å²) in [6, 6.07) is 11.7. The highest BCUT2D eigenvalue weighted by Gasteiger charge is 2.09. The minimum atomic E-state index is -0.439. The molecule has 0 aliphatic rings. The summed E-state index contributed by atoms with van der Waals surface area (Å²) in [5, 5.41) is 0. The Bertz CT molecular complexity index is 632. The van der Waals surface area contributed by atoms with Gasteiger partial charge in [-0.2, -0.15) is 0 Å². The van der Waals surface area contributed by atoms with E-state index in [0.29, 0.717) is 16.9 Å². The molecule has 0 bridgehead atoms. The summed E-state index contributed by atoms with van der Waals surface area (Å²) >= 11 is 1.48. The van der Waals surface area contributed by atoms with Gasteiger partial charge in [0.2, 0.25) is 0 Å². The molecule has 0 unspecified atom stereocenters. The molecule has 0 atom stereocenters. The molecule has 110 valence electrons. The van der Waals surface area contributed by atoms with E-state index in [0.717, 1.165) is 10.6 Å². The third kappa shape index (κ3) is 3.96. The fourth-order valence-corrected chi connectivity index (χ4v) is 2.61. The van der Waals surface area contributed by atoms with Gasteiger partial charge in [0.25, 0.3) is 5.91 Å². The lowest BCUT2D eigenvalue weighted by Crippen LogP contribution is -2.30. The van der Waals surface area contributed by atoms with Crippen molar-refractivity contribution in [3.8, 4) is 5.75 Å². The molecule has 2 rings (SSSR count). The largest absolute Gasteiger partial charge is 0.497 e. The third-order valence-corrected chi connectivity index (χ3v) is 3.95. The number of hydrazine groups is 1. The van der Waals surface area contributed by atoms with Crippen LogP contribution in [-0.2, 0) is 5.75 Å². The second kappa shape index (κ2) is 7.10. The van der Waals surface area contributed by atoms with Crippen LogP contribution >= 0.6 is 11.8 Å². The number of rotatable bonds is 5. The first-order chi connectivity index (χ1) is 10.1. The zero-order valence-corrected chi connectivity index (χ0v) is 12.2. The van der Waals surface area contributed by atoms with Gasteiger partial charge in [-0.1, -0.05) is 0 Å². The third-order valence-electron chi connectivity index (χ3n) is 2.89. The Hall–Kier alpha value is -2.05.